The number of nitrogens with zero attached hydrogens (tertiary/aromatic N) is 1. The van der Waals surface area contributed by atoms with Crippen LogP contribution >= 0.6 is 11.3 Å². The number of carbonyl (C=O) groups is 1. The number of hydrogen-bond donors (Lipinski definition) is 2. The normalized spacial score (nSPS) is 13.5. The summed E-state index contributed by atoms with van der Waals surface area (Å²) in [4.78, 5) is 15.8. The molecule has 0 unspecified atom stereocenters. The summed E-state index contributed by atoms with van der Waals surface area (Å²) in [5, 5.41) is 14.6. The van der Waals surface area contributed by atoms with Crippen molar-refractivity contribution in [2.75, 3.05) is 11.9 Å². The second kappa shape index (κ2) is 4.51. The van der Waals surface area contributed by atoms with Gasteiger partial charge in [0.2, 0.25) is 5.91 Å². The van der Waals surface area contributed by atoms with E-state index in [-0.39, 0.29) is 12.5 Å². The van der Waals surface area contributed by atoms with Crippen molar-refractivity contribution in [1.82, 2.24) is 4.98 Å². The van der Waals surface area contributed by atoms with Crippen molar-refractivity contribution in [2.24, 2.45) is 0 Å². The number of fused-ring (bicyclic) bond motifs is 1. The number of amides is 1. The van der Waals surface area contributed by atoms with E-state index in [0.29, 0.717) is 12.8 Å². The zero-order valence-electron chi connectivity index (χ0n) is 9.64. The average Bonchev–Trinajstić information content (AvgIpc) is 2.93. The highest BCUT2D eigenvalue weighted by Crippen LogP contribution is 2.30. The van der Waals surface area contributed by atoms with Crippen LogP contribution in [-0.2, 0) is 17.6 Å². The molecule has 0 bridgehead atoms. The molecule has 92 valence electrons. The zero-order chi connectivity index (χ0) is 12.5. The van der Waals surface area contributed by atoms with E-state index in [0.717, 1.165) is 27.5 Å². The lowest BCUT2D eigenvalue weighted by Crippen LogP contribution is -2.03. The van der Waals surface area contributed by atoms with Crippen LogP contribution in [0.5, 0.6) is 0 Å². The molecule has 5 heteroatoms. The number of carbonyl (C=O) groups excluding carboxylic acids is 1. The van der Waals surface area contributed by atoms with Crippen LogP contribution in [0.25, 0.3) is 10.6 Å². The molecule has 0 spiro atoms. The van der Waals surface area contributed by atoms with Crippen molar-refractivity contribution >= 4 is 22.9 Å². The van der Waals surface area contributed by atoms with E-state index in [1.54, 1.807) is 11.3 Å². The standard InChI is InChI=1S/C13H12N2O2S/c16-4-3-10-7-18-13(14-10)8-1-2-11-9(5-8)6-12(17)15-11/h1-2,5,7,16H,3-4,6H2,(H,15,17). The monoisotopic (exact) mass is 260 g/mol. The number of nitrogens with one attached hydrogen (secondary N) is 1. The smallest absolute Gasteiger partial charge is 0.228 e. The summed E-state index contributed by atoms with van der Waals surface area (Å²) in [5.41, 5.74) is 3.86. The third-order valence-electron chi connectivity index (χ3n) is 2.90. The van der Waals surface area contributed by atoms with Crippen LogP contribution in [0.2, 0.25) is 0 Å². The van der Waals surface area contributed by atoms with Gasteiger partial charge < -0.3 is 10.4 Å². The maximum Gasteiger partial charge on any atom is 0.228 e. The van der Waals surface area contributed by atoms with E-state index in [1.807, 2.05) is 23.6 Å². The SMILES string of the molecule is O=C1Cc2cc(-c3nc(CCO)cs3)ccc2N1. The Balaban J connectivity index is 1.92. The van der Waals surface area contributed by atoms with Crippen LogP contribution < -0.4 is 5.32 Å². The van der Waals surface area contributed by atoms with Gasteiger partial charge in [-0.2, -0.15) is 0 Å². The number of thiazole rings is 1. The van der Waals surface area contributed by atoms with Gasteiger partial charge in [0, 0.05) is 29.7 Å². The van der Waals surface area contributed by atoms with E-state index in [4.69, 9.17) is 5.11 Å². The summed E-state index contributed by atoms with van der Waals surface area (Å²) < 4.78 is 0. The van der Waals surface area contributed by atoms with Gasteiger partial charge in [-0.25, -0.2) is 4.98 Å². The number of rotatable bonds is 3. The fourth-order valence-corrected chi connectivity index (χ4v) is 2.88. The lowest BCUT2D eigenvalue weighted by atomic mass is 10.1. The van der Waals surface area contributed by atoms with Crippen LogP contribution in [0.3, 0.4) is 0 Å². The molecule has 0 saturated heterocycles. The number of hydrogen-bond acceptors (Lipinski definition) is 4. The first-order valence-electron chi connectivity index (χ1n) is 5.74. The minimum absolute atomic E-state index is 0.0438. The molecular weight excluding hydrogens is 248 g/mol. The van der Waals surface area contributed by atoms with E-state index in [2.05, 4.69) is 10.3 Å². The minimum atomic E-state index is 0.0438. The minimum Gasteiger partial charge on any atom is -0.396 e. The van der Waals surface area contributed by atoms with Gasteiger partial charge in [-0.05, 0) is 23.8 Å². The Morgan fingerprint density at radius 3 is 3.17 bits per heavy atom. The Bertz CT molecular complexity index is 607. The molecule has 2 aromatic rings. The van der Waals surface area contributed by atoms with Gasteiger partial charge in [-0.15, -0.1) is 11.3 Å². The summed E-state index contributed by atoms with van der Waals surface area (Å²) in [6.45, 7) is 0.117. The third kappa shape index (κ3) is 2.02. The highest BCUT2D eigenvalue weighted by molar-refractivity contribution is 7.13. The van der Waals surface area contributed by atoms with Gasteiger partial charge in [0.05, 0.1) is 12.1 Å². The van der Waals surface area contributed by atoms with E-state index >= 15 is 0 Å². The second-order valence-corrected chi connectivity index (χ2v) is 5.07. The van der Waals surface area contributed by atoms with E-state index in [1.165, 1.54) is 0 Å². The lowest BCUT2D eigenvalue weighted by Gasteiger charge is -2.01. The van der Waals surface area contributed by atoms with Gasteiger partial charge in [-0.3, -0.25) is 4.79 Å². The molecule has 2 heterocycles. The molecule has 1 aromatic heterocycles. The number of aromatic nitrogens is 1. The zero-order valence-corrected chi connectivity index (χ0v) is 10.5. The molecule has 4 nitrogen and oxygen atoms in total. The molecule has 0 atom stereocenters. The lowest BCUT2D eigenvalue weighted by molar-refractivity contribution is -0.115. The van der Waals surface area contributed by atoms with Crippen molar-refractivity contribution in [1.29, 1.82) is 0 Å². The van der Waals surface area contributed by atoms with Crippen LogP contribution in [0.15, 0.2) is 23.6 Å². The van der Waals surface area contributed by atoms with Gasteiger partial charge >= 0.3 is 0 Å². The predicted octanol–water partition coefficient (Wildman–Crippen LogP) is 1.84. The topological polar surface area (TPSA) is 62.2 Å². The molecule has 1 aromatic carbocycles. The Labute approximate surface area is 108 Å². The van der Waals surface area contributed by atoms with Crippen LogP contribution in [0.1, 0.15) is 11.3 Å². The van der Waals surface area contributed by atoms with Gasteiger partial charge in [0.1, 0.15) is 5.01 Å². The Morgan fingerprint density at radius 1 is 1.44 bits per heavy atom. The maximum atomic E-state index is 11.3. The highest BCUT2D eigenvalue weighted by Gasteiger charge is 2.18. The summed E-state index contributed by atoms with van der Waals surface area (Å²) in [6, 6.07) is 5.89. The van der Waals surface area contributed by atoms with Crippen molar-refractivity contribution in [2.45, 2.75) is 12.8 Å². The Morgan fingerprint density at radius 2 is 2.33 bits per heavy atom. The third-order valence-corrected chi connectivity index (χ3v) is 3.84. The van der Waals surface area contributed by atoms with Crippen LogP contribution in [0, 0.1) is 0 Å². The molecule has 0 radical (unpaired) electrons. The number of aliphatic hydroxyl groups excluding tert-OH is 1. The van der Waals surface area contributed by atoms with Gasteiger partial charge in [0.25, 0.3) is 0 Å². The quantitative estimate of drug-likeness (QED) is 0.885. The van der Waals surface area contributed by atoms with Crippen molar-refractivity contribution in [3.63, 3.8) is 0 Å². The van der Waals surface area contributed by atoms with E-state index in [9.17, 15) is 4.79 Å². The molecule has 1 amide bonds. The Kier molecular flexibility index (Phi) is 2.85. The second-order valence-electron chi connectivity index (χ2n) is 4.21. The number of anilines is 1. The molecule has 0 fully saturated rings. The van der Waals surface area contributed by atoms with Crippen LogP contribution in [-0.4, -0.2) is 22.6 Å². The number of benzene rings is 1. The molecule has 1 aliphatic rings. The molecule has 3 rings (SSSR count). The molecule has 18 heavy (non-hydrogen) atoms. The summed E-state index contributed by atoms with van der Waals surface area (Å²) in [7, 11) is 0. The predicted molar refractivity (Wildman–Crippen MR) is 70.7 cm³/mol. The van der Waals surface area contributed by atoms with Gasteiger partial charge in [0.15, 0.2) is 0 Å². The number of aliphatic hydroxyl groups is 1. The first-order chi connectivity index (χ1) is 8.76. The molecular formula is C13H12N2O2S. The first kappa shape index (κ1) is 11.4. The molecule has 2 N–H and O–H groups in total. The molecule has 1 aliphatic heterocycles. The summed E-state index contributed by atoms with van der Waals surface area (Å²) in [5.74, 6) is 0.0438. The van der Waals surface area contributed by atoms with Crippen molar-refractivity contribution in [3.8, 4) is 10.6 Å². The fraction of sp³-hybridized carbons (Fsp3) is 0.231. The van der Waals surface area contributed by atoms with Gasteiger partial charge in [-0.1, -0.05) is 0 Å². The summed E-state index contributed by atoms with van der Waals surface area (Å²) >= 11 is 1.56. The summed E-state index contributed by atoms with van der Waals surface area (Å²) in [6.07, 6.45) is 1.03. The average molecular weight is 260 g/mol. The highest BCUT2D eigenvalue weighted by atomic mass is 32.1. The molecule has 0 aliphatic carbocycles. The molecule has 0 saturated carbocycles. The Hall–Kier alpha value is -1.72. The fourth-order valence-electron chi connectivity index (χ4n) is 2.03. The maximum absolute atomic E-state index is 11.3. The van der Waals surface area contributed by atoms with E-state index < -0.39 is 0 Å². The van der Waals surface area contributed by atoms with Crippen molar-refractivity contribution < 1.29 is 9.90 Å². The van der Waals surface area contributed by atoms with Crippen molar-refractivity contribution in [3.05, 3.63) is 34.8 Å². The largest absolute Gasteiger partial charge is 0.396 e. The first-order valence-corrected chi connectivity index (χ1v) is 6.62. The van der Waals surface area contributed by atoms with Crippen LogP contribution in [0.4, 0.5) is 5.69 Å².